The summed E-state index contributed by atoms with van der Waals surface area (Å²) in [7, 11) is 0. The van der Waals surface area contributed by atoms with E-state index in [0.717, 1.165) is 48.4 Å². The Labute approximate surface area is 326 Å². The van der Waals surface area contributed by atoms with Crippen molar-refractivity contribution in [3.05, 3.63) is 174 Å². The van der Waals surface area contributed by atoms with E-state index in [-0.39, 0.29) is 17.3 Å². The zero-order valence-electron chi connectivity index (χ0n) is 30.1. The van der Waals surface area contributed by atoms with Crippen molar-refractivity contribution >= 4 is 65.7 Å². The lowest BCUT2D eigenvalue weighted by molar-refractivity contribution is 0.327. The normalized spacial score (nSPS) is 14.4. The summed E-state index contributed by atoms with van der Waals surface area (Å²) in [6, 6.07) is 40.0. The summed E-state index contributed by atoms with van der Waals surface area (Å²) in [4.78, 5) is 10.2. The Morgan fingerprint density at radius 2 is 1.43 bits per heavy atom. The molecule has 1 unspecified atom stereocenters. The van der Waals surface area contributed by atoms with Crippen LogP contribution in [-0.2, 0) is 0 Å². The summed E-state index contributed by atoms with van der Waals surface area (Å²) in [5.74, 6) is -3.17. The van der Waals surface area contributed by atoms with Crippen molar-refractivity contribution in [3.63, 3.8) is 0 Å². The average molecular weight is 757 g/mol. The van der Waals surface area contributed by atoms with Gasteiger partial charge in [-0.15, -0.1) is 11.3 Å². The number of nitrogens with zero attached hydrogens (tertiary/aromatic N) is 2. The van der Waals surface area contributed by atoms with E-state index in [1.807, 2.05) is 84.9 Å². The molecule has 0 aliphatic carbocycles. The zero-order chi connectivity index (χ0) is 38.9. The molecule has 1 aromatic heterocycles. The van der Waals surface area contributed by atoms with Crippen LogP contribution < -0.4 is 10.6 Å². The van der Waals surface area contributed by atoms with Gasteiger partial charge in [0.25, 0.3) is 0 Å². The zero-order valence-corrected chi connectivity index (χ0v) is 30.9. The van der Waals surface area contributed by atoms with Gasteiger partial charge < -0.3 is 36.2 Å². The van der Waals surface area contributed by atoms with E-state index in [9.17, 15) is 25.5 Å². The number of phenols is 5. The number of phenolic OH excluding ortho intramolecular Hbond substituents is 5. The molecule has 276 valence electrons. The van der Waals surface area contributed by atoms with Crippen LogP contribution in [0.3, 0.4) is 0 Å². The van der Waals surface area contributed by atoms with E-state index >= 15 is 0 Å². The number of nitrogens with one attached hydrogen (secondary N) is 2. The number of allylic oxidation sites excluding steroid dienone is 5. The molecule has 0 amide bonds. The molecule has 56 heavy (non-hydrogen) atoms. The number of aromatic hydroxyl groups is 5. The summed E-state index contributed by atoms with van der Waals surface area (Å²) in [6.45, 7) is 6.08. The molecule has 1 aliphatic rings. The molecule has 0 saturated carbocycles. The largest absolute Gasteiger partial charge is 0.504 e. The van der Waals surface area contributed by atoms with E-state index in [1.165, 1.54) is 0 Å². The third-order valence-electron chi connectivity index (χ3n) is 9.60. The Kier molecular flexibility index (Phi) is 9.47. The summed E-state index contributed by atoms with van der Waals surface area (Å²) < 4.78 is 2.12. The van der Waals surface area contributed by atoms with Crippen molar-refractivity contribution in [2.24, 2.45) is 9.98 Å². The highest BCUT2D eigenvalue weighted by Crippen LogP contribution is 2.55. The monoisotopic (exact) mass is 756 g/mol. The number of benzene rings is 6. The standard InChI is InChI=1S/C46H36N4O5S/c1-3-4-18-31(37-38(51)40(53)42(55)41(54)39(37)52)26(2)30-19-11-12-22-35(30)47-29-23-24-32-33-20-13-21-34(43(33)56-36(32)25-29)46-49-44(27-14-7-5-8-15-27)48-45(50-46)28-16-9-6-10-17-28/h3-25,44,47,51-55H,2H2,1H3,(H,48,49,50)/b4-3-,31-18+. The van der Waals surface area contributed by atoms with E-state index in [1.54, 1.807) is 36.5 Å². The first-order valence-electron chi connectivity index (χ1n) is 17.8. The summed E-state index contributed by atoms with van der Waals surface area (Å²) >= 11 is 1.66. The van der Waals surface area contributed by atoms with E-state index in [2.05, 4.69) is 53.6 Å². The van der Waals surface area contributed by atoms with Gasteiger partial charge >= 0.3 is 0 Å². The third-order valence-corrected chi connectivity index (χ3v) is 10.8. The maximum absolute atomic E-state index is 10.8. The number of aliphatic imine (C=N–C) groups is 2. The van der Waals surface area contributed by atoms with Crippen LogP contribution in [0.2, 0.25) is 0 Å². The molecule has 1 aliphatic heterocycles. The van der Waals surface area contributed by atoms with Gasteiger partial charge in [-0.25, -0.2) is 9.98 Å². The average Bonchev–Trinajstić information content (AvgIpc) is 3.62. The van der Waals surface area contributed by atoms with Gasteiger partial charge in [0, 0.05) is 48.2 Å². The molecule has 10 heteroatoms. The fourth-order valence-electron chi connectivity index (χ4n) is 6.79. The van der Waals surface area contributed by atoms with Gasteiger partial charge in [-0.1, -0.05) is 122 Å². The molecule has 7 N–H and O–H groups in total. The highest BCUT2D eigenvalue weighted by atomic mass is 32.1. The van der Waals surface area contributed by atoms with Gasteiger partial charge in [-0.3, -0.25) is 0 Å². The molecule has 1 atom stereocenters. The lowest BCUT2D eigenvalue weighted by atomic mass is 9.90. The molecule has 7 aromatic rings. The first kappa shape index (κ1) is 35.7. The minimum absolute atomic E-state index is 0.207. The summed E-state index contributed by atoms with van der Waals surface area (Å²) in [6.07, 6.45) is 4.68. The lowest BCUT2D eigenvalue weighted by Gasteiger charge is -2.23. The molecule has 0 saturated heterocycles. The van der Waals surface area contributed by atoms with Crippen LogP contribution in [0, 0.1) is 0 Å². The topological polar surface area (TPSA) is 150 Å². The predicted molar refractivity (Wildman–Crippen MR) is 227 cm³/mol. The van der Waals surface area contributed by atoms with Gasteiger partial charge in [0.1, 0.15) is 12.0 Å². The quantitative estimate of drug-likeness (QED) is 0.0440. The second kappa shape index (κ2) is 14.8. The second-order valence-corrected chi connectivity index (χ2v) is 14.2. The molecule has 2 heterocycles. The first-order valence-corrected chi connectivity index (χ1v) is 18.6. The number of rotatable bonds is 9. The highest BCUT2D eigenvalue weighted by Gasteiger charge is 2.28. The van der Waals surface area contributed by atoms with Crippen molar-refractivity contribution in [1.29, 1.82) is 0 Å². The molecular weight excluding hydrogens is 721 g/mol. The van der Waals surface area contributed by atoms with Crippen molar-refractivity contribution in [2.75, 3.05) is 5.32 Å². The van der Waals surface area contributed by atoms with Gasteiger partial charge in [0.05, 0.1) is 5.56 Å². The number of thiophene rings is 1. The maximum Gasteiger partial charge on any atom is 0.208 e. The molecule has 9 nitrogen and oxygen atoms in total. The molecule has 0 radical (unpaired) electrons. The number of fused-ring (bicyclic) bond motifs is 3. The van der Waals surface area contributed by atoms with Gasteiger partial charge in [0.15, 0.2) is 17.3 Å². The summed E-state index contributed by atoms with van der Waals surface area (Å²) in [5, 5.41) is 61.6. The number of amidine groups is 2. The van der Waals surface area contributed by atoms with Crippen molar-refractivity contribution < 1.29 is 25.5 Å². The van der Waals surface area contributed by atoms with Crippen LogP contribution in [0.15, 0.2) is 156 Å². The second-order valence-electron chi connectivity index (χ2n) is 13.1. The molecular formula is C46H36N4O5S. The van der Waals surface area contributed by atoms with Crippen LogP contribution in [0.4, 0.5) is 11.4 Å². The minimum Gasteiger partial charge on any atom is -0.504 e. The fourth-order valence-corrected chi connectivity index (χ4v) is 8.04. The van der Waals surface area contributed by atoms with Gasteiger partial charge in [-0.05, 0) is 47.9 Å². The van der Waals surface area contributed by atoms with Crippen molar-refractivity contribution in [3.8, 4) is 28.7 Å². The first-order chi connectivity index (χ1) is 27.2. The van der Waals surface area contributed by atoms with Crippen molar-refractivity contribution in [2.45, 2.75) is 13.1 Å². The van der Waals surface area contributed by atoms with E-state index in [0.29, 0.717) is 22.7 Å². The Hall–Kier alpha value is -7.30. The maximum atomic E-state index is 10.8. The number of hydrogen-bond donors (Lipinski definition) is 7. The van der Waals surface area contributed by atoms with Gasteiger partial charge in [-0.2, -0.15) is 0 Å². The Morgan fingerprint density at radius 3 is 2.16 bits per heavy atom. The van der Waals surface area contributed by atoms with Gasteiger partial charge in [0.2, 0.25) is 17.2 Å². The Balaban J connectivity index is 1.17. The van der Waals surface area contributed by atoms with Crippen LogP contribution in [0.1, 0.15) is 40.9 Å². The SMILES string of the molecule is C=C(/C(=C\C=C/C)c1c(O)c(O)c(O)c(O)c1O)c1ccccc1Nc1ccc2c(c1)sc1c(C3=NC(c4ccccc4)NC(c4ccccc4)=N3)cccc12. The Morgan fingerprint density at radius 1 is 0.750 bits per heavy atom. The molecule has 0 fully saturated rings. The summed E-state index contributed by atoms with van der Waals surface area (Å²) in [5.41, 5.74) is 5.34. The van der Waals surface area contributed by atoms with Crippen molar-refractivity contribution in [1.82, 2.24) is 5.32 Å². The van der Waals surface area contributed by atoms with Crippen LogP contribution in [0.5, 0.6) is 28.7 Å². The van der Waals surface area contributed by atoms with E-state index in [4.69, 9.17) is 9.98 Å². The molecule has 8 rings (SSSR count). The highest BCUT2D eigenvalue weighted by molar-refractivity contribution is 7.26. The number of anilines is 2. The molecule has 0 spiro atoms. The van der Waals surface area contributed by atoms with Crippen LogP contribution in [-0.4, -0.2) is 37.2 Å². The molecule has 6 aromatic carbocycles. The van der Waals surface area contributed by atoms with Crippen LogP contribution in [0.25, 0.3) is 31.3 Å². The number of para-hydroxylation sites is 1. The molecule has 0 bridgehead atoms. The minimum atomic E-state index is -1.03. The fraction of sp³-hybridized carbons (Fsp3) is 0.0435. The van der Waals surface area contributed by atoms with E-state index < -0.39 is 28.7 Å². The third kappa shape index (κ3) is 6.48. The smallest absolute Gasteiger partial charge is 0.208 e. The predicted octanol–water partition coefficient (Wildman–Crippen LogP) is 10.5. The van der Waals surface area contributed by atoms with Crippen LogP contribution >= 0.6 is 11.3 Å². The lowest BCUT2D eigenvalue weighted by Crippen LogP contribution is -2.33. The number of hydrogen-bond acceptors (Lipinski definition) is 10. The Bertz CT molecular complexity index is 2760.